The van der Waals surface area contributed by atoms with E-state index in [4.69, 9.17) is 16.3 Å². The van der Waals surface area contributed by atoms with Gasteiger partial charge in [-0.2, -0.15) is 4.98 Å². The second-order valence-electron chi connectivity index (χ2n) is 9.06. The highest BCUT2D eigenvalue weighted by molar-refractivity contribution is 6.31. The molecule has 10 nitrogen and oxygen atoms in total. The Morgan fingerprint density at radius 3 is 2.70 bits per heavy atom. The van der Waals surface area contributed by atoms with E-state index in [1.807, 2.05) is 14.1 Å². The van der Waals surface area contributed by atoms with Crippen molar-refractivity contribution in [2.75, 3.05) is 50.2 Å². The molecule has 1 amide bonds. The third-order valence-electron chi connectivity index (χ3n) is 5.78. The van der Waals surface area contributed by atoms with Gasteiger partial charge in [0.05, 0.1) is 22.5 Å². The lowest BCUT2D eigenvalue weighted by Crippen LogP contribution is -2.16. The number of hydrogen-bond acceptors (Lipinski definition) is 9. The van der Waals surface area contributed by atoms with Gasteiger partial charge in [0.25, 0.3) is 5.91 Å². The molecule has 2 aromatic carbocycles. The summed E-state index contributed by atoms with van der Waals surface area (Å²) in [6, 6.07) is 12.5. The zero-order chi connectivity index (χ0) is 28.5. The summed E-state index contributed by atoms with van der Waals surface area (Å²) in [5.41, 5.74) is 1.42. The number of nitrogens with zero attached hydrogens (tertiary/aromatic N) is 5. The number of carbonyl (C=O) groups excluding carboxylic acids is 1. The minimum atomic E-state index is -0.706. The van der Waals surface area contributed by atoms with E-state index < -0.39 is 11.7 Å². The first-order chi connectivity index (χ1) is 19.3. The van der Waals surface area contributed by atoms with Gasteiger partial charge in [0.2, 0.25) is 11.8 Å². The first kappa shape index (κ1) is 28.7. The Balaban J connectivity index is 1.52. The molecule has 12 heteroatoms. The van der Waals surface area contributed by atoms with Gasteiger partial charge in [0.15, 0.2) is 5.82 Å². The molecule has 2 aromatic heterocycles. The average molecular weight is 565 g/mol. The monoisotopic (exact) mass is 564 g/mol. The molecule has 4 aromatic rings. The molecule has 0 saturated heterocycles. The highest BCUT2D eigenvalue weighted by Gasteiger charge is 2.18. The zero-order valence-electron chi connectivity index (χ0n) is 22.4. The maximum atomic E-state index is 14.8. The first-order valence-corrected chi connectivity index (χ1v) is 13.0. The molecular weight excluding hydrogens is 535 g/mol. The van der Waals surface area contributed by atoms with Gasteiger partial charge in [-0.05, 0) is 82.0 Å². The molecule has 40 heavy (non-hydrogen) atoms. The number of anilines is 3. The smallest absolute Gasteiger partial charge is 0.258 e. The lowest BCUT2D eigenvalue weighted by atomic mass is 10.1. The van der Waals surface area contributed by atoms with Crippen LogP contribution in [0.5, 0.6) is 11.6 Å². The number of amides is 1. The number of carbonyl (C=O) groups is 1. The standard InChI is InChI=1S/C28H30ClFN8O2/c1-31-28-35-17-34-25(37-28)20-7-6-13-33-27(20)40-19-9-10-22(30)21(16-19)26(39)36-24-15-18(29)8-11-23(24)32-12-4-5-14-38(2)3/h6-11,13,15-17,32H,4-5,12,14H2,1-3H3,(H,36,39)(H,31,34,35,37). The van der Waals surface area contributed by atoms with Crippen LogP contribution in [-0.4, -0.2) is 65.0 Å². The quantitative estimate of drug-likeness (QED) is 0.190. The van der Waals surface area contributed by atoms with Crippen molar-refractivity contribution < 1.29 is 13.9 Å². The third-order valence-corrected chi connectivity index (χ3v) is 6.02. The van der Waals surface area contributed by atoms with Crippen LogP contribution in [0.3, 0.4) is 0 Å². The maximum absolute atomic E-state index is 14.8. The van der Waals surface area contributed by atoms with Crippen molar-refractivity contribution in [1.82, 2.24) is 24.8 Å². The number of nitrogens with one attached hydrogen (secondary N) is 3. The van der Waals surface area contributed by atoms with Gasteiger partial charge >= 0.3 is 0 Å². The van der Waals surface area contributed by atoms with Crippen molar-refractivity contribution in [3.63, 3.8) is 0 Å². The number of pyridine rings is 1. The number of benzene rings is 2. The third kappa shape index (κ3) is 7.61. The molecule has 0 aliphatic rings. The summed E-state index contributed by atoms with van der Waals surface area (Å²) in [6.45, 7) is 1.69. The van der Waals surface area contributed by atoms with Crippen LogP contribution in [-0.2, 0) is 0 Å². The molecule has 2 heterocycles. The molecule has 0 bridgehead atoms. The van der Waals surface area contributed by atoms with Crippen molar-refractivity contribution in [1.29, 1.82) is 0 Å². The molecule has 0 unspecified atom stereocenters. The molecule has 0 fully saturated rings. The van der Waals surface area contributed by atoms with Crippen molar-refractivity contribution in [2.45, 2.75) is 12.8 Å². The molecule has 0 aliphatic heterocycles. The molecule has 208 valence electrons. The summed E-state index contributed by atoms with van der Waals surface area (Å²) < 4.78 is 20.8. The molecule has 4 rings (SSSR count). The van der Waals surface area contributed by atoms with E-state index in [-0.39, 0.29) is 17.2 Å². The number of rotatable bonds is 12. The summed E-state index contributed by atoms with van der Waals surface area (Å²) in [5.74, 6) is -0.251. The predicted molar refractivity (Wildman–Crippen MR) is 155 cm³/mol. The summed E-state index contributed by atoms with van der Waals surface area (Å²) in [6.07, 6.45) is 4.88. The fourth-order valence-corrected chi connectivity index (χ4v) is 3.95. The lowest BCUT2D eigenvalue weighted by molar-refractivity contribution is 0.102. The topological polar surface area (TPSA) is 117 Å². The SMILES string of the molecule is CNc1ncnc(-c2cccnc2Oc2ccc(F)c(C(=O)Nc3cc(Cl)ccc3NCCCCN(C)C)c2)n1. The van der Waals surface area contributed by atoms with Crippen LogP contribution in [0.2, 0.25) is 5.02 Å². The Bertz CT molecular complexity index is 1470. The molecule has 3 N–H and O–H groups in total. The largest absolute Gasteiger partial charge is 0.438 e. The highest BCUT2D eigenvalue weighted by atomic mass is 35.5. The van der Waals surface area contributed by atoms with E-state index in [1.165, 1.54) is 18.5 Å². The van der Waals surface area contributed by atoms with E-state index in [0.717, 1.165) is 25.5 Å². The Kier molecular flexibility index (Phi) is 9.76. The second kappa shape index (κ2) is 13.6. The van der Waals surface area contributed by atoms with Crippen LogP contribution < -0.4 is 20.7 Å². The van der Waals surface area contributed by atoms with Crippen LogP contribution in [0.15, 0.2) is 61.1 Å². The Morgan fingerprint density at radius 1 is 1.05 bits per heavy atom. The highest BCUT2D eigenvalue weighted by Crippen LogP contribution is 2.31. The van der Waals surface area contributed by atoms with Crippen molar-refractivity contribution >= 4 is 34.8 Å². The minimum absolute atomic E-state index is 0.185. The van der Waals surface area contributed by atoms with Crippen LogP contribution in [0.25, 0.3) is 11.4 Å². The lowest BCUT2D eigenvalue weighted by Gasteiger charge is -2.15. The number of aromatic nitrogens is 4. The van der Waals surface area contributed by atoms with Gasteiger partial charge in [-0.1, -0.05) is 11.6 Å². The Morgan fingerprint density at radius 2 is 1.90 bits per heavy atom. The molecule has 0 atom stereocenters. The molecule has 0 spiro atoms. The molecule has 0 aliphatic carbocycles. The molecule has 0 saturated carbocycles. The van der Waals surface area contributed by atoms with E-state index >= 15 is 0 Å². The summed E-state index contributed by atoms with van der Waals surface area (Å²) in [5, 5.41) is 9.38. The maximum Gasteiger partial charge on any atom is 0.258 e. The van der Waals surface area contributed by atoms with Crippen LogP contribution in [0.1, 0.15) is 23.2 Å². The number of halogens is 2. The summed E-state index contributed by atoms with van der Waals surface area (Å²) >= 11 is 6.19. The second-order valence-corrected chi connectivity index (χ2v) is 9.50. The summed E-state index contributed by atoms with van der Waals surface area (Å²) in [4.78, 5) is 32.1. The first-order valence-electron chi connectivity index (χ1n) is 12.6. The summed E-state index contributed by atoms with van der Waals surface area (Å²) in [7, 11) is 5.76. The molecular formula is C28H30ClFN8O2. The number of hydrogen-bond donors (Lipinski definition) is 3. The van der Waals surface area contributed by atoms with Gasteiger partial charge < -0.3 is 25.6 Å². The Hall–Kier alpha value is -4.35. The van der Waals surface area contributed by atoms with Gasteiger partial charge in [-0.25, -0.2) is 19.3 Å². The fourth-order valence-electron chi connectivity index (χ4n) is 3.78. The van der Waals surface area contributed by atoms with E-state index in [2.05, 4.69) is 40.8 Å². The van der Waals surface area contributed by atoms with Gasteiger partial charge in [-0.3, -0.25) is 4.79 Å². The van der Waals surface area contributed by atoms with Crippen molar-refractivity contribution in [2.24, 2.45) is 0 Å². The van der Waals surface area contributed by atoms with Crippen LogP contribution in [0, 0.1) is 5.82 Å². The Labute approximate surface area is 237 Å². The number of ether oxygens (including phenoxy) is 1. The van der Waals surface area contributed by atoms with E-state index in [9.17, 15) is 9.18 Å². The fraction of sp³-hybridized carbons (Fsp3) is 0.250. The minimum Gasteiger partial charge on any atom is -0.438 e. The predicted octanol–water partition coefficient (Wildman–Crippen LogP) is 5.57. The average Bonchev–Trinajstić information content (AvgIpc) is 2.95. The van der Waals surface area contributed by atoms with Crippen LogP contribution >= 0.6 is 11.6 Å². The van der Waals surface area contributed by atoms with Crippen molar-refractivity contribution in [3.8, 4) is 23.0 Å². The van der Waals surface area contributed by atoms with Gasteiger partial charge in [0.1, 0.15) is 17.9 Å². The van der Waals surface area contributed by atoms with Gasteiger partial charge in [0, 0.05) is 24.8 Å². The van der Waals surface area contributed by atoms with E-state index in [0.29, 0.717) is 40.3 Å². The normalized spacial score (nSPS) is 10.8. The van der Waals surface area contributed by atoms with E-state index in [1.54, 1.807) is 43.6 Å². The van der Waals surface area contributed by atoms with Crippen LogP contribution in [0.4, 0.5) is 21.7 Å². The van der Waals surface area contributed by atoms with Gasteiger partial charge in [-0.15, -0.1) is 0 Å². The number of unbranched alkanes of at least 4 members (excludes halogenated alkanes) is 1. The zero-order valence-corrected chi connectivity index (χ0v) is 23.2. The molecule has 0 radical (unpaired) electrons. The van der Waals surface area contributed by atoms with Crippen molar-refractivity contribution in [3.05, 3.63) is 77.5 Å².